The third-order valence-electron chi connectivity index (χ3n) is 5.95. The molecule has 0 saturated carbocycles. The minimum Gasteiger partial charge on any atom is -0.435 e. The highest BCUT2D eigenvalue weighted by molar-refractivity contribution is 6.02. The Morgan fingerprint density at radius 1 is 1.14 bits per heavy atom. The maximum absolute atomic E-state index is 15.2. The van der Waals surface area contributed by atoms with Gasteiger partial charge in [-0.2, -0.15) is 0 Å². The van der Waals surface area contributed by atoms with Crippen molar-refractivity contribution >= 4 is 34.1 Å². The molecule has 8 nitrogen and oxygen atoms in total. The van der Waals surface area contributed by atoms with Crippen molar-refractivity contribution in [3.8, 4) is 11.6 Å². The largest absolute Gasteiger partial charge is 0.435 e. The van der Waals surface area contributed by atoms with E-state index < -0.39 is 17.4 Å². The van der Waals surface area contributed by atoms with Crippen molar-refractivity contribution in [2.45, 2.75) is 26.7 Å². The molecule has 36 heavy (non-hydrogen) atoms. The van der Waals surface area contributed by atoms with Crippen LogP contribution in [0.3, 0.4) is 0 Å². The lowest BCUT2D eigenvalue weighted by molar-refractivity contribution is -0.116. The Kier molecular flexibility index (Phi) is 6.09. The van der Waals surface area contributed by atoms with Gasteiger partial charge in [0.1, 0.15) is 17.7 Å². The van der Waals surface area contributed by atoms with Gasteiger partial charge in [-0.25, -0.2) is 18.7 Å². The number of nitrogens with one attached hydrogen (secondary N) is 2. The number of aromatic nitrogens is 3. The molecule has 2 N–H and O–H groups in total. The van der Waals surface area contributed by atoms with E-state index in [1.54, 1.807) is 36.1 Å². The number of amides is 1. The molecule has 2 aromatic carbocycles. The number of ether oxygens (including phenoxy) is 1. The van der Waals surface area contributed by atoms with Gasteiger partial charge in [-0.3, -0.25) is 9.59 Å². The number of aromatic amines is 1. The van der Waals surface area contributed by atoms with E-state index in [0.29, 0.717) is 30.9 Å². The van der Waals surface area contributed by atoms with E-state index in [1.165, 1.54) is 19.3 Å². The average molecular weight is 491 g/mol. The van der Waals surface area contributed by atoms with Crippen molar-refractivity contribution in [1.29, 1.82) is 0 Å². The molecule has 10 heteroatoms. The number of nitrogens with zero attached hydrogens (tertiary/aromatic N) is 3. The first-order chi connectivity index (χ1) is 17.3. The minimum absolute atomic E-state index is 0.00941. The van der Waals surface area contributed by atoms with Crippen molar-refractivity contribution in [2.75, 3.05) is 18.4 Å². The van der Waals surface area contributed by atoms with Gasteiger partial charge in [0.25, 0.3) is 5.91 Å². The summed E-state index contributed by atoms with van der Waals surface area (Å²) < 4.78 is 35.6. The van der Waals surface area contributed by atoms with E-state index in [1.807, 2.05) is 0 Å². The molecule has 0 bridgehead atoms. The average Bonchev–Trinajstić information content (AvgIpc) is 3.20. The molecule has 1 fully saturated rings. The van der Waals surface area contributed by atoms with Gasteiger partial charge in [-0.1, -0.05) is 12.1 Å². The number of fused-ring (bicyclic) bond motifs is 1. The molecular weight excluding hydrogens is 468 g/mol. The molecule has 0 radical (unpaired) electrons. The number of rotatable bonds is 7. The summed E-state index contributed by atoms with van der Waals surface area (Å²) >= 11 is 0. The van der Waals surface area contributed by atoms with Crippen LogP contribution in [0, 0.1) is 18.6 Å². The fourth-order valence-electron chi connectivity index (χ4n) is 4.05. The predicted molar refractivity (Wildman–Crippen MR) is 130 cm³/mol. The number of carbonyl (C=O) groups excluding carboxylic acids is 2. The van der Waals surface area contributed by atoms with Crippen LogP contribution in [-0.2, 0) is 11.2 Å². The molecule has 2 aromatic heterocycles. The van der Waals surface area contributed by atoms with E-state index in [9.17, 15) is 14.0 Å². The summed E-state index contributed by atoms with van der Waals surface area (Å²) in [6.07, 6.45) is 2.36. The first kappa shape index (κ1) is 23.4. The minimum atomic E-state index is -0.771. The topological polar surface area (TPSA) is 100 Å². The fourth-order valence-corrected chi connectivity index (χ4v) is 4.05. The van der Waals surface area contributed by atoms with Crippen LogP contribution >= 0.6 is 0 Å². The van der Waals surface area contributed by atoms with Crippen molar-refractivity contribution in [3.63, 3.8) is 0 Å². The third kappa shape index (κ3) is 4.49. The number of hydrogen-bond donors (Lipinski definition) is 2. The molecule has 0 atom stereocenters. The second kappa shape index (κ2) is 9.37. The quantitative estimate of drug-likeness (QED) is 0.375. The molecule has 1 aliphatic rings. The van der Waals surface area contributed by atoms with Crippen molar-refractivity contribution in [1.82, 2.24) is 19.9 Å². The first-order valence-corrected chi connectivity index (χ1v) is 11.4. The van der Waals surface area contributed by atoms with Gasteiger partial charge in [0.15, 0.2) is 23.2 Å². The Hall–Kier alpha value is -4.34. The molecule has 184 valence electrons. The van der Waals surface area contributed by atoms with E-state index >= 15 is 4.39 Å². The molecule has 4 aromatic rings. The number of halogens is 2. The Morgan fingerprint density at radius 2 is 1.89 bits per heavy atom. The van der Waals surface area contributed by atoms with Gasteiger partial charge in [-0.15, -0.1) is 0 Å². The number of aryl methyl sites for hydroxylation is 1. The van der Waals surface area contributed by atoms with Gasteiger partial charge in [-0.05, 0) is 44.0 Å². The number of benzene rings is 2. The first-order valence-electron chi connectivity index (χ1n) is 11.4. The Bertz CT molecular complexity index is 1480. The van der Waals surface area contributed by atoms with E-state index in [4.69, 9.17) is 4.74 Å². The highest BCUT2D eigenvalue weighted by Crippen LogP contribution is 2.35. The smallest absolute Gasteiger partial charge is 0.263 e. The standard InChI is InChI=1S/C26H23F2N5O3/c1-14-10-18-22(28)20(12-19(27)23(18)31-14)36-25-21(26(35)33-8-3-9-33)24(29-13-30-25)32-17-6-4-16(5-7-17)11-15(2)34/h4-7,10,12-13,31H,3,8-9,11H2,1-2H3,(H,29,30,32). The second-order valence-electron chi connectivity index (χ2n) is 8.76. The highest BCUT2D eigenvalue weighted by Gasteiger charge is 2.30. The van der Waals surface area contributed by atoms with Crippen LogP contribution in [0.1, 0.15) is 35.0 Å². The number of H-pyrrole nitrogens is 1. The second-order valence-corrected chi connectivity index (χ2v) is 8.76. The maximum Gasteiger partial charge on any atom is 0.263 e. The van der Waals surface area contributed by atoms with E-state index in [-0.39, 0.29) is 39.9 Å². The summed E-state index contributed by atoms with van der Waals surface area (Å²) in [5, 5.41) is 3.12. The molecule has 1 saturated heterocycles. The summed E-state index contributed by atoms with van der Waals surface area (Å²) in [4.78, 5) is 37.4. The molecule has 0 aliphatic carbocycles. The van der Waals surface area contributed by atoms with Gasteiger partial charge >= 0.3 is 0 Å². The maximum atomic E-state index is 15.2. The van der Waals surface area contributed by atoms with Gasteiger partial charge in [0.2, 0.25) is 5.88 Å². The Balaban J connectivity index is 1.53. The highest BCUT2D eigenvalue weighted by atomic mass is 19.1. The Morgan fingerprint density at radius 3 is 2.56 bits per heavy atom. The third-order valence-corrected chi connectivity index (χ3v) is 5.95. The van der Waals surface area contributed by atoms with Crippen LogP contribution in [0.5, 0.6) is 11.6 Å². The molecule has 5 rings (SSSR count). The van der Waals surface area contributed by atoms with Crippen LogP contribution in [-0.4, -0.2) is 44.6 Å². The zero-order valence-electron chi connectivity index (χ0n) is 19.7. The van der Waals surface area contributed by atoms with Gasteiger partial charge in [0, 0.05) is 42.3 Å². The molecule has 1 aliphatic heterocycles. The fraction of sp³-hybridized carbons (Fsp3) is 0.231. The van der Waals surface area contributed by atoms with Crippen LogP contribution in [0.25, 0.3) is 10.9 Å². The summed E-state index contributed by atoms with van der Waals surface area (Å²) in [6, 6.07) is 9.52. The van der Waals surface area contributed by atoms with Crippen molar-refractivity contribution < 1.29 is 23.1 Å². The molecule has 3 heterocycles. The van der Waals surface area contributed by atoms with Crippen LogP contribution in [0.2, 0.25) is 0 Å². The number of likely N-dealkylation sites (tertiary alicyclic amines) is 1. The number of anilines is 2. The van der Waals surface area contributed by atoms with Gasteiger partial charge < -0.3 is 19.9 Å². The SMILES string of the molecule is CC(=O)Cc1ccc(Nc2ncnc(Oc3cc(F)c4[nH]c(C)cc4c3F)c2C(=O)N2CCC2)cc1. The molecule has 0 spiro atoms. The van der Waals surface area contributed by atoms with Gasteiger partial charge in [0.05, 0.1) is 5.52 Å². The van der Waals surface area contributed by atoms with Crippen molar-refractivity contribution in [2.24, 2.45) is 0 Å². The number of hydrogen-bond acceptors (Lipinski definition) is 6. The predicted octanol–water partition coefficient (Wildman–Crippen LogP) is 5.06. The van der Waals surface area contributed by atoms with Crippen LogP contribution in [0.4, 0.5) is 20.3 Å². The summed E-state index contributed by atoms with van der Waals surface area (Å²) in [7, 11) is 0. The summed E-state index contributed by atoms with van der Waals surface area (Å²) in [5.41, 5.74) is 2.11. The lowest BCUT2D eigenvalue weighted by Gasteiger charge is -2.31. The van der Waals surface area contributed by atoms with Crippen LogP contribution < -0.4 is 10.1 Å². The van der Waals surface area contributed by atoms with E-state index in [0.717, 1.165) is 18.1 Å². The molecule has 1 amide bonds. The zero-order valence-corrected chi connectivity index (χ0v) is 19.7. The Labute approximate surface area is 205 Å². The number of carbonyl (C=O) groups is 2. The summed E-state index contributed by atoms with van der Waals surface area (Å²) in [6.45, 7) is 4.33. The lowest BCUT2D eigenvalue weighted by Crippen LogP contribution is -2.42. The number of Topliss-reactive ketones (excluding diaryl/α,β-unsaturated/α-hetero) is 1. The number of ketones is 1. The van der Waals surface area contributed by atoms with E-state index in [2.05, 4.69) is 20.3 Å². The zero-order chi connectivity index (χ0) is 25.4. The monoisotopic (exact) mass is 491 g/mol. The molecular formula is C26H23F2N5O3. The van der Waals surface area contributed by atoms with Crippen LogP contribution in [0.15, 0.2) is 42.7 Å². The normalized spacial score (nSPS) is 12.9. The molecule has 0 unspecified atom stereocenters. The summed E-state index contributed by atoms with van der Waals surface area (Å²) in [5.74, 6) is -2.22. The van der Waals surface area contributed by atoms with Crippen molar-refractivity contribution in [3.05, 3.63) is 71.2 Å². The lowest BCUT2D eigenvalue weighted by atomic mass is 10.1.